The van der Waals surface area contributed by atoms with Crippen LogP contribution in [0.25, 0.3) is 0 Å². The van der Waals surface area contributed by atoms with Crippen molar-refractivity contribution in [3.63, 3.8) is 0 Å². The molecule has 0 aromatic heterocycles. The zero-order valence-electron chi connectivity index (χ0n) is 16.8. The molecule has 0 heterocycles. The highest BCUT2D eigenvalue weighted by Crippen LogP contribution is 2.35. The van der Waals surface area contributed by atoms with Crippen LogP contribution in [0.15, 0.2) is 18.2 Å². The molecule has 1 N–H and O–H groups in total. The van der Waals surface area contributed by atoms with Gasteiger partial charge in [0.15, 0.2) is 6.61 Å². The van der Waals surface area contributed by atoms with Crippen molar-refractivity contribution in [2.24, 2.45) is 0 Å². The van der Waals surface area contributed by atoms with Crippen molar-refractivity contribution in [1.29, 1.82) is 0 Å². The first-order valence-corrected chi connectivity index (χ1v) is 8.63. The largest absolute Gasteiger partial charge is 0.573 e. The Balaban J connectivity index is 3.28. The SMILES string of the molecule is CC(C)(C)OC(=O)N[C@@H](Cc1cccc(OC(F)(F)F)c1[N+](=O)[O-])C(=O)OCC(F)(F)F. The molecular formula is C17H18F6N2O7. The number of nitrogens with one attached hydrogen (secondary N) is 1. The molecule has 1 aromatic carbocycles. The third-order valence-electron chi connectivity index (χ3n) is 3.27. The van der Waals surface area contributed by atoms with Crippen molar-refractivity contribution in [1.82, 2.24) is 5.32 Å². The van der Waals surface area contributed by atoms with Gasteiger partial charge in [0.05, 0.1) is 4.92 Å². The maximum atomic E-state index is 12.5. The second-order valence-corrected chi connectivity index (χ2v) is 7.19. The number of nitro groups is 1. The molecule has 0 aliphatic carbocycles. The molecule has 0 aliphatic heterocycles. The van der Waals surface area contributed by atoms with Crippen molar-refractivity contribution in [2.45, 2.75) is 51.4 Å². The number of benzene rings is 1. The van der Waals surface area contributed by atoms with E-state index in [9.17, 15) is 46.0 Å². The molecule has 15 heteroatoms. The fourth-order valence-corrected chi connectivity index (χ4v) is 2.26. The van der Waals surface area contributed by atoms with Crippen LogP contribution in [-0.2, 0) is 20.7 Å². The van der Waals surface area contributed by atoms with Crippen LogP contribution in [0.2, 0.25) is 0 Å². The van der Waals surface area contributed by atoms with Gasteiger partial charge in [-0.15, -0.1) is 13.2 Å². The Hall–Kier alpha value is -3.26. The van der Waals surface area contributed by atoms with Gasteiger partial charge in [0.1, 0.15) is 11.6 Å². The lowest BCUT2D eigenvalue weighted by molar-refractivity contribution is -0.389. The van der Waals surface area contributed by atoms with Crippen LogP contribution in [0.5, 0.6) is 5.75 Å². The second kappa shape index (κ2) is 9.91. The molecule has 0 radical (unpaired) electrons. The van der Waals surface area contributed by atoms with E-state index in [0.29, 0.717) is 6.07 Å². The fraction of sp³-hybridized carbons (Fsp3) is 0.529. The van der Waals surface area contributed by atoms with Gasteiger partial charge in [-0.25, -0.2) is 9.59 Å². The number of carbonyl (C=O) groups is 2. The van der Waals surface area contributed by atoms with E-state index in [1.807, 2.05) is 5.32 Å². The molecule has 0 saturated heterocycles. The van der Waals surface area contributed by atoms with Gasteiger partial charge in [0.25, 0.3) is 0 Å². The van der Waals surface area contributed by atoms with E-state index >= 15 is 0 Å². The molecule has 0 saturated carbocycles. The fourth-order valence-electron chi connectivity index (χ4n) is 2.26. The maximum Gasteiger partial charge on any atom is 0.573 e. The van der Waals surface area contributed by atoms with Crippen LogP contribution in [0.1, 0.15) is 26.3 Å². The van der Waals surface area contributed by atoms with Crippen LogP contribution >= 0.6 is 0 Å². The minimum absolute atomic E-state index is 0.554. The molecule has 1 aromatic rings. The summed E-state index contributed by atoms with van der Waals surface area (Å²) in [6, 6.07) is 0.525. The van der Waals surface area contributed by atoms with Crippen molar-refractivity contribution in [3.8, 4) is 5.75 Å². The number of hydrogen-bond donors (Lipinski definition) is 1. The highest BCUT2D eigenvalue weighted by Gasteiger charge is 2.37. The van der Waals surface area contributed by atoms with Crippen LogP contribution in [0.4, 0.5) is 36.8 Å². The maximum absolute atomic E-state index is 12.5. The molecule has 0 spiro atoms. The standard InChI is InChI=1S/C17H18F6N2O7/c1-15(2,3)32-14(27)24-10(13(26)30-8-16(18,19)20)7-9-5-4-6-11(12(9)25(28)29)31-17(21,22)23/h4-6,10H,7-8H2,1-3H3,(H,24,27)/t10-/m0/s1. The molecule has 1 amide bonds. The Morgan fingerprint density at radius 1 is 1.12 bits per heavy atom. The number of ether oxygens (including phenoxy) is 3. The normalized spacial score (nSPS) is 13.2. The topological polar surface area (TPSA) is 117 Å². The lowest BCUT2D eigenvalue weighted by Gasteiger charge is -2.23. The molecule has 0 aliphatic rings. The number of amides is 1. The number of nitro benzene ring substituents is 1. The number of hydrogen-bond acceptors (Lipinski definition) is 7. The Morgan fingerprint density at radius 3 is 2.19 bits per heavy atom. The molecule has 0 fully saturated rings. The van der Waals surface area contributed by atoms with Crippen LogP contribution < -0.4 is 10.1 Å². The minimum atomic E-state index is -5.29. The highest BCUT2D eigenvalue weighted by molar-refractivity contribution is 5.82. The van der Waals surface area contributed by atoms with Crippen LogP contribution in [0.3, 0.4) is 0 Å². The lowest BCUT2D eigenvalue weighted by Crippen LogP contribution is -2.46. The Morgan fingerprint density at radius 2 is 1.72 bits per heavy atom. The number of nitrogens with zero attached hydrogens (tertiary/aromatic N) is 1. The molecule has 9 nitrogen and oxygen atoms in total. The summed E-state index contributed by atoms with van der Waals surface area (Å²) in [5, 5.41) is 13.2. The number of para-hydroxylation sites is 1. The number of rotatable bonds is 7. The summed E-state index contributed by atoms with van der Waals surface area (Å²) in [4.78, 5) is 34.2. The predicted molar refractivity (Wildman–Crippen MR) is 93.7 cm³/mol. The molecular weight excluding hydrogens is 458 g/mol. The molecule has 0 unspecified atom stereocenters. The van der Waals surface area contributed by atoms with Gasteiger partial charge in [-0.05, 0) is 26.8 Å². The first-order chi connectivity index (χ1) is 14.4. The average Bonchev–Trinajstić information content (AvgIpc) is 2.55. The summed E-state index contributed by atoms with van der Waals surface area (Å²) in [6.45, 7) is 2.28. The van der Waals surface area contributed by atoms with E-state index in [1.165, 1.54) is 20.8 Å². The third kappa shape index (κ3) is 9.70. The average molecular weight is 476 g/mol. The van der Waals surface area contributed by atoms with Gasteiger partial charge >= 0.3 is 30.3 Å². The summed E-state index contributed by atoms with van der Waals surface area (Å²) in [5.74, 6) is -2.87. The smallest absolute Gasteiger partial charge is 0.454 e. The number of alkyl carbamates (subject to hydrolysis) is 1. The van der Waals surface area contributed by atoms with Crippen molar-refractivity contribution in [3.05, 3.63) is 33.9 Å². The van der Waals surface area contributed by atoms with E-state index in [-0.39, 0.29) is 0 Å². The summed E-state index contributed by atoms with van der Waals surface area (Å²) in [7, 11) is 0. The van der Waals surface area contributed by atoms with E-state index < -0.39 is 71.2 Å². The van der Waals surface area contributed by atoms with Gasteiger partial charge in [-0.3, -0.25) is 10.1 Å². The third-order valence-corrected chi connectivity index (χ3v) is 3.27. The summed E-state index contributed by atoms with van der Waals surface area (Å²) in [6.07, 6.45) is -12.4. The molecule has 1 atom stereocenters. The first kappa shape index (κ1) is 26.8. The monoisotopic (exact) mass is 476 g/mol. The van der Waals surface area contributed by atoms with Crippen molar-refractivity contribution >= 4 is 17.7 Å². The van der Waals surface area contributed by atoms with Gasteiger partial charge in [-0.2, -0.15) is 13.2 Å². The first-order valence-electron chi connectivity index (χ1n) is 8.63. The minimum Gasteiger partial charge on any atom is -0.454 e. The second-order valence-electron chi connectivity index (χ2n) is 7.19. The van der Waals surface area contributed by atoms with E-state index in [4.69, 9.17) is 4.74 Å². The van der Waals surface area contributed by atoms with Gasteiger partial charge in [0, 0.05) is 12.0 Å². The molecule has 0 bridgehead atoms. The molecule has 32 heavy (non-hydrogen) atoms. The number of carbonyl (C=O) groups excluding carboxylic acids is 2. The summed E-state index contributed by atoms with van der Waals surface area (Å²) < 4.78 is 87.3. The number of halogens is 6. The van der Waals surface area contributed by atoms with Crippen LogP contribution in [-0.4, -0.2) is 47.8 Å². The Bertz CT molecular complexity index is 849. The predicted octanol–water partition coefficient (Wildman–Crippen LogP) is 4.03. The summed E-state index contributed by atoms with van der Waals surface area (Å²) >= 11 is 0. The molecule has 180 valence electrons. The zero-order chi connectivity index (χ0) is 24.9. The number of esters is 1. The van der Waals surface area contributed by atoms with Gasteiger partial charge in [-0.1, -0.05) is 12.1 Å². The van der Waals surface area contributed by atoms with Crippen molar-refractivity contribution in [2.75, 3.05) is 6.61 Å². The quantitative estimate of drug-likeness (QED) is 0.273. The van der Waals surface area contributed by atoms with Crippen molar-refractivity contribution < 1.29 is 55.1 Å². The lowest BCUT2D eigenvalue weighted by atomic mass is 10.0. The Kier molecular flexibility index (Phi) is 8.29. The van der Waals surface area contributed by atoms with Crippen LogP contribution in [0, 0.1) is 10.1 Å². The number of alkyl halides is 6. The van der Waals surface area contributed by atoms with Gasteiger partial charge < -0.3 is 19.5 Å². The van der Waals surface area contributed by atoms with E-state index in [0.717, 1.165) is 12.1 Å². The highest BCUT2D eigenvalue weighted by atomic mass is 19.4. The summed E-state index contributed by atoms with van der Waals surface area (Å²) in [5.41, 5.74) is -2.84. The van der Waals surface area contributed by atoms with E-state index in [2.05, 4.69) is 9.47 Å². The van der Waals surface area contributed by atoms with E-state index in [1.54, 1.807) is 0 Å². The Labute approximate surface area is 176 Å². The van der Waals surface area contributed by atoms with Gasteiger partial charge in [0.2, 0.25) is 5.75 Å². The zero-order valence-corrected chi connectivity index (χ0v) is 16.8. The molecule has 1 rings (SSSR count).